The second-order valence-corrected chi connectivity index (χ2v) is 9.75. The second-order valence-electron chi connectivity index (χ2n) is 8.12. The highest BCUT2D eigenvalue weighted by Crippen LogP contribution is 2.32. The van der Waals surface area contributed by atoms with Crippen LogP contribution in [-0.2, 0) is 17.1 Å². The normalized spacial score (nSPS) is 11.7. The molecule has 2 aromatic rings. The van der Waals surface area contributed by atoms with E-state index in [1.54, 1.807) is 0 Å². The summed E-state index contributed by atoms with van der Waals surface area (Å²) in [5, 5.41) is 15.1. The maximum atomic E-state index is 12.7. The first-order valence-electron chi connectivity index (χ1n) is 10.3. The van der Waals surface area contributed by atoms with Crippen molar-refractivity contribution >= 4 is 27.6 Å². The molecule has 0 unspecified atom stereocenters. The summed E-state index contributed by atoms with van der Waals surface area (Å²) in [6.45, 7) is 7.79. The van der Waals surface area contributed by atoms with Crippen molar-refractivity contribution in [3.63, 3.8) is 0 Å². The molecule has 0 atom stereocenters. The van der Waals surface area contributed by atoms with E-state index in [0.717, 1.165) is 21.9 Å². The molecule has 0 fully saturated rings. The fourth-order valence-electron chi connectivity index (χ4n) is 3.23. The van der Waals surface area contributed by atoms with E-state index in [1.165, 1.54) is 19.0 Å². The molecule has 2 rings (SSSR count). The van der Waals surface area contributed by atoms with E-state index in [1.807, 2.05) is 50.6 Å². The number of aromatic nitrogens is 2. The van der Waals surface area contributed by atoms with Crippen molar-refractivity contribution in [2.75, 3.05) is 25.5 Å². The Morgan fingerprint density at radius 1 is 1.16 bits per heavy atom. The molecule has 1 aromatic carbocycles. The molecule has 32 heavy (non-hydrogen) atoms. The number of nitrogens with zero attached hydrogens (tertiary/aromatic N) is 3. The van der Waals surface area contributed by atoms with E-state index in [9.17, 15) is 18.0 Å². The predicted octanol–water partition coefficient (Wildman–Crippen LogP) is 2.24. The average Bonchev–Trinajstić information content (AvgIpc) is 3.09. The van der Waals surface area contributed by atoms with Gasteiger partial charge in [0.15, 0.2) is 5.03 Å². The van der Waals surface area contributed by atoms with E-state index in [-0.39, 0.29) is 30.7 Å². The minimum Gasteiger partial charge on any atom is -0.395 e. The lowest BCUT2D eigenvalue weighted by atomic mass is 9.93. The Bertz CT molecular complexity index is 1070. The van der Waals surface area contributed by atoms with Crippen LogP contribution in [0.15, 0.2) is 29.3 Å². The molecule has 1 aromatic heterocycles. The number of likely N-dealkylation sites (N-methyl/N-ethyl adjacent to an activating group) is 1. The van der Waals surface area contributed by atoms with Gasteiger partial charge in [0, 0.05) is 32.4 Å². The van der Waals surface area contributed by atoms with Gasteiger partial charge in [-0.05, 0) is 23.0 Å². The van der Waals surface area contributed by atoms with Gasteiger partial charge in [-0.1, -0.05) is 45.9 Å². The lowest BCUT2D eigenvalue weighted by Crippen LogP contribution is -2.35. The zero-order chi connectivity index (χ0) is 24.2. The van der Waals surface area contributed by atoms with Crippen molar-refractivity contribution in [3.05, 3.63) is 41.1 Å². The number of carbonyl (C=O) groups excluding carboxylic acids is 2. The van der Waals surface area contributed by atoms with Crippen LogP contribution in [0.2, 0.25) is 0 Å². The van der Waals surface area contributed by atoms with Gasteiger partial charge in [0.05, 0.1) is 6.61 Å². The minimum atomic E-state index is -4.33. The third kappa shape index (κ3) is 5.65. The molecule has 176 valence electrons. The summed E-state index contributed by atoms with van der Waals surface area (Å²) in [4.78, 5) is 26.3. The van der Waals surface area contributed by atoms with Gasteiger partial charge in [-0.2, -0.15) is 13.5 Å². The first kappa shape index (κ1) is 25.3. The van der Waals surface area contributed by atoms with Gasteiger partial charge in [-0.25, -0.2) is 9.52 Å². The lowest BCUT2D eigenvalue weighted by molar-refractivity contribution is 0.0756. The molecule has 3 N–H and O–H groups in total. The van der Waals surface area contributed by atoms with Crippen molar-refractivity contribution in [1.82, 2.24) is 19.4 Å². The number of hydrogen-bond acceptors (Lipinski definition) is 6. The number of benzene rings is 1. The molecule has 0 saturated heterocycles. The molecule has 0 spiro atoms. The predicted molar refractivity (Wildman–Crippen MR) is 121 cm³/mol. The van der Waals surface area contributed by atoms with Crippen LogP contribution in [0, 0.1) is 0 Å². The summed E-state index contributed by atoms with van der Waals surface area (Å²) in [7, 11) is -1.43. The van der Waals surface area contributed by atoms with Crippen LogP contribution in [0.3, 0.4) is 0 Å². The van der Waals surface area contributed by atoms with E-state index >= 15 is 0 Å². The molecular weight excluding hydrogens is 434 g/mol. The molecule has 11 heteroatoms. The Morgan fingerprint density at radius 2 is 1.72 bits per heavy atom. The third-order valence-corrected chi connectivity index (χ3v) is 6.18. The summed E-state index contributed by atoms with van der Waals surface area (Å²) in [5.74, 6) is -0.283. The van der Waals surface area contributed by atoms with Crippen LogP contribution in [-0.4, -0.2) is 60.3 Å². The number of urea groups is 1. The molecule has 1 heterocycles. The Kier molecular flexibility index (Phi) is 8.02. The molecule has 0 aliphatic heterocycles. The van der Waals surface area contributed by atoms with Gasteiger partial charge in [0.25, 0.3) is 15.9 Å². The molecule has 0 saturated carbocycles. The Hall–Kier alpha value is -2.92. The van der Waals surface area contributed by atoms with Crippen LogP contribution >= 0.6 is 0 Å². The van der Waals surface area contributed by atoms with E-state index in [2.05, 4.69) is 10.4 Å². The zero-order valence-electron chi connectivity index (χ0n) is 19.2. The van der Waals surface area contributed by atoms with Crippen molar-refractivity contribution < 1.29 is 23.1 Å². The first-order chi connectivity index (χ1) is 14.9. The molecule has 0 radical (unpaired) electrons. The summed E-state index contributed by atoms with van der Waals surface area (Å²) < 4.78 is 28.6. The summed E-state index contributed by atoms with van der Waals surface area (Å²) >= 11 is 0. The number of aliphatic hydroxyl groups excluding tert-OH is 1. The van der Waals surface area contributed by atoms with Crippen LogP contribution in [0.1, 0.15) is 61.1 Å². The molecule has 10 nitrogen and oxygen atoms in total. The first-order valence-corrected chi connectivity index (χ1v) is 11.7. The van der Waals surface area contributed by atoms with Gasteiger partial charge in [-0.3, -0.25) is 9.48 Å². The quantitative estimate of drug-likeness (QED) is 0.547. The van der Waals surface area contributed by atoms with Gasteiger partial charge in [-0.15, -0.1) is 0 Å². The number of para-hydroxylation sites is 1. The van der Waals surface area contributed by atoms with E-state index < -0.39 is 27.0 Å². The van der Waals surface area contributed by atoms with Crippen LogP contribution < -0.4 is 10.0 Å². The highest BCUT2D eigenvalue weighted by atomic mass is 32.2. The van der Waals surface area contributed by atoms with E-state index in [0.29, 0.717) is 5.69 Å². The van der Waals surface area contributed by atoms with Crippen LogP contribution in [0.25, 0.3) is 0 Å². The van der Waals surface area contributed by atoms with Gasteiger partial charge < -0.3 is 15.3 Å². The van der Waals surface area contributed by atoms with Crippen LogP contribution in [0.4, 0.5) is 10.5 Å². The highest BCUT2D eigenvalue weighted by Gasteiger charge is 2.26. The van der Waals surface area contributed by atoms with Crippen molar-refractivity contribution in [2.45, 2.75) is 44.6 Å². The SMILES string of the molecule is CC(C)c1cccc(C(C)C)c1NC(=O)NS(=O)(=O)c1cc(C(=O)N(C)CCO)n(C)n1. The molecule has 3 amide bonds. The summed E-state index contributed by atoms with van der Waals surface area (Å²) in [5.41, 5.74) is 2.37. The Morgan fingerprint density at radius 3 is 2.22 bits per heavy atom. The maximum absolute atomic E-state index is 12.7. The van der Waals surface area contributed by atoms with Gasteiger partial charge >= 0.3 is 6.03 Å². The number of carbonyl (C=O) groups is 2. The average molecular weight is 466 g/mol. The minimum absolute atomic E-state index is 0.00832. The van der Waals surface area contributed by atoms with Gasteiger partial charge in [0.1, 0.15) is 5.69 Å². The monoisotopic (exact) mass is 465 g/mol. The third-order valence-electron chi connectivity index (χ3n) is 4.97. The molecule has 0 bridgehead atoms. The summed E-state index contributed by atoms with van der Waals surface area (Å²) in [6.07, 6.45) is 0. The standard InChI is InChI=1S/C21H31N5O5S/c1-13(2)15-8-7-9-16(14(3)4)19(15)22-21(29)24-32(30,31)18-12-17(26(6)23-18)20(28)25(5)10-11-27/h7-9,12-14,27H,10-11H2,1-6H3,(H2,22,24,29). The number of aryl methyl sites for hydroxylation is 1. The Labute approximate surface area is 188 Å². The zero-order valence-corrected chi connectivity index (χ0v) is 20.0. The fraction of sp³-hybridized carbons (Fsp3) is 0.476. The van der Waals surface area contributed by atoms with E-state index in [4.69, 9.17) is 5.11 Å². The number of aliphatic hydroxyl groups is 1. The largest absolute Gasteiger partial charge is 0.395 e. The maximum Gasteiger partial charge on any atom is 0.333 e. The molecular formula is C21H31N5O5S. The number of sulfonamides is 1. The number of hydrogen-bond donors (Lipinski definition) is 3. The number of amides is 3. The molecule has 0 aliphatic carbocycles. The number of rotatable bonds is 8. The molecule has 0 aliphatic rings. The van der Waals surface area contributed by atoms with Crippen LogP contribution in [0.5, 0.6) is 0 Å². The lowest BCUT2D eigenvalue weighted by Gasteiger charge is -2.20. The topological polar surface area (TPSA) is 134 Å². The number of anilines is 1. The number of nitrogens with one attached hydrogen (secondary N) is 2. The second kappa shape index (κ2) is 10.1. The van der Waals surface area contributed by atoms with Crippen molar-refractivity contribution in [3.8, 4) is 0 Å². The van der Waals surface area contributed by atoms with Crippen molar-refractivity contribution in [1.29, 1.82) is 0 Å². The fourth-order valence-corrected chi connectivity index (χ4v) is 4.12. The van der Waals surface area contributed by atoms with Gasteiger partial charge in [0.2, 0.25) is 0 Å². The smallest absolute Gasteiger partial charge is 0.333 e. The Balaban J connectivity index is 2.28. The van der Waals surface area contributed by atoms with Crippen molar-refractivity contribution in [2.24, 2.45) is 7.05 Å². The summed E-state index contributed by atoms with van der Waals surface area (Å²) in [6, 6.07) is 5.86. The highest BCUT2D eigenvalue weighted by molar-refractivity contribution is 7.90.